The van der Waals surface area contributed by atoms with Gasteiger partial charge in [-0.2, -0.15) is 0 Å². The van der Waals surface area contributed by atoms with Crippen LogP contribution >= 0.6 is 15.9 Å². The molecule has 1 aliphatic rings. The number of ether oxygens (including phenoxy) is 1. The fourth-order valence-corrected chi connectivity index (χ4v) is 2.52. The molecule has 0 fully saturated rings. The van der Waals surface area contributed by atoms with Gasteiger partial charge in [0.25, 0.3) is 0 Å². The summed E-state index contributed by atoms with van der Waals surface area (Å²) < 4.78 is 6.79. The second-order valence-corrected chi connectivity index (χ2v) is 4.78. The van der Waals surface area contributed by atoms with Gasteiger partial charge in [-0.05, 0) is 41.8 Å². The average Bonchev–Trinajstić information content (AvgIpc) is 2.29. The van der Waals surface area contributed by atoms with Gasteiger partial charge in [-0.15, -0.1) is 0 Å². The van der Waals surface area contributed by atoms with Crippen molar-refractivity contribution in [3.05, 3.63) is 40.4 Å². The van der Waals surface area contributed by atoms with Crippen molar-refractivity contribution in [1.82, 2.24) is 0 Å². The zero-order valence-electron chi connectivity index (χ0n) is 8.29. The first-order chi connectivity index (χ1) is 7.34. The molecule has 2 aromatic carbocycles. The summed E-state index contributed by atoms with van der Waals surface area (Å²) in [5, 5.41) is 2.61. The van der Waals surface area contributed by atoms with Crippen LogP contribution < -0.4 is 4.74 Å². The molecule has 1 nitrogen and oxygen atoms in total. The van der Waals surface area contributed by atoms with Crippen molar-refractivity contribution in [3.63, 3.8) is 0 Å². The molecule has 76 valence electrons. The molecule has 1 heterocycles. The number of benzene rings is 2. The zero-order valence-corrected chi connectivity index (χ0v) is 9.88. The lowest BCUT2D eigenvalue weighted by atomic mass is 9.98. The van der Waals surface area contributed by atoms with Crippen LogP contribution in [0.2, 0.25) is 0 Å². The van der Waals surface area contributed by atoms with Crippen molar-refractivity contribution in [3.8, 4) is 5.75 Å². The number of rotatable bonds is 0. The smallest absolute Gasteiger partial charge is 0.123 e. The first kappa shape index (κ1) is 9.22. The minimum absolute atomic E-state index is 0.854. The molecule has 0 amide bonds. The molecule has 0 unspecified atom stereocenters. The third-order valence-electron chi connectivity index (χ3n) is 2.88. The molecule has 0 atom stereocenters. The van der Waals surface area contributed by atoms with E-state index in [1.807, 2.05) is 0 Å². The van der Waals surface area contributed by atoms with E-state index in [0.29, 0.717) is 0 Å². The van der Waals surface area contributed by atoms with Gasteiger partial charge in [0.2, 0.25) is 0 Å². The lowest BCUT2D eigenvalue weighted by molar-refractivity contribution is 0.289. The molecular formula is C13H11BrO. The predicted octanol–water partition coefficient (Wildman–Crippen LogP) is 3.93. The standard InChI is InChI=1S/C13H11BrO/c14-10-5-3-9-4-6-13-11(12(9)8-10)2-1-7-15-13/h3-6,8H,1-2,7H2. The molecule has 2 aromatic rings. The van der Waals surface area contributed by atoms with Gasteiger partial charge in [0.1, 0.15) is 5.75 Å². The van der Waals surface area contributed by atoms with Gasteiger partial charge in [0, 0.05) is 10.0 Å². The molecule has 0 N–H and O–H groups in total. The topological polar surface area (TPSA) is 9.23 Å². The van der Waals surface area contributed by atoms with Gasteiger partial charge in [-0.3, -0.25) is 0 Å². The number of hydrogen-bond acceptors (Lipinski definition) is 1. The van der Waals surface area contributed by atoms with Crippen LogP contribution in [-0.2, 0) is 6.42 Å². The minimum Gasteiger partial charge on any atom is -0.493 e. The fourth-order valence-electron chi connectivity index (χ4n) is 2.16. The molecule has 0 aliphatic carbocycles. The van der Waals surface area contributed by atoms with Gasteiger partial charge in [0.15, 0.2) is 0 Å². The summed E-state index contributed by atoms with van der Waals surface area (Å²) >= 11 is 3.52. The van der Waals surface area contributed by atoms with Crippen LogP contribution in [0.1, 0.15) is 12.0 Å². The van der Waals surface area contributed by atoms with Crippen LogP contribution in [0, 0.1) is 0 Å². The first-order valence-corrected chi connectivity index (χ1v) is 5.98. The molecule has 3 rings (SSSR count). The Balaban J connectivity index is 2.34. The van der Waals surface area contributed by atoms with E-state index in [0.717, 1.165) is 29.7 Å². The van der Waals surface area contributed by atoms with Crippen molar-refractivity contribution < 1.29 is 4.74 Å². The zero-order chi connectivity index (χ0) is 10.3. The SMILES string of the molecule is Brc1ccc2ccc3c(c2c1)CCCO3. The van der Waals surface area contributed by atoms with Gasteiger partial charge >= 0.3 is 0 Å². The van der Waals surface area contributed by atoms with Crippen LogP contribution in [0.3, 0.4) is 0 Å². The summed E-state index contributed by atoms with van der Waals surface area (Å²) in [6.07, 6.45) is 2.25. The fraction of sp³-hybridized carbons (Fsp3) is 0.231. The molecule has 0 saturated carbocycles. The van der Waals surface area contributed by atoms with E-state index >= 15 is 0 Å². The Labute approximate surface area is 97.2 Å². The van der Waals surface area contributed by atoms with E-state index in [1.165, 1.54) is 16.3 Å². The van der Waals surface area contributed by atoms with Gasteiger partial charge < -0.3 is 4.74 Å². The summed E-state index contributed by atoms with van der Waals surface area (Å²) in [6.45, 7) is 0.854. The van der Waals surface area contributed by atoms with E-state index in [2.05, 4.69) is 46.3 Å². The normalized spacial score (nSPS) is 14.7. The molecule has 0 radical (unpaired) electrons. The highest BCUT2D eigenvalue weighted by molar-refractivity contribution is 9.10. The summed E-state index contributed by atoms with van der Waals surface area (Å²) in [6, 6.07) is 10.6. The molecule has 1 aliphatic heterocycles. The second-order valence-electron chi connectivity index (χ2n) is 3.86. The van der Waals surface area contributed by atoms with Crippen LogP contribution in [0.4, 0.5) is 0 Å². The first-order valence-electron chi connectivity index (χ1n) is 5.18. The summed E-state index contributed by atoms with van der Waals surface area (Å²) in [5.74, 6) is 1.06. The van der Waals surface area contributed by atoms with Crippen molar-refractivity contribution >= 4 is 26.7 Å². The van der Waals surface area contributed by atoms with E-state index in [9.17, 15) is 0 Å². The monoisotopic (exact) mass is 262 g/mol. The van der Waals surface area contributed by atoms with E-state index in [1.54, 1.807) is 0 Å². The van der Waals surface area contributed by atoms with Crippen molar-refractivity contribution in [2.45, 2.75) is 12.8 Å². The lowest BCUT2D eigenvalue weighted by Crippen LogP contribution is -2.08. The van der Waals surface area contributed by atoms with Crippen LogP contribution in [-0.4, -0.2) is 6.61 Å². The minimum atomic E-state index is 0.854. The third-order valence-corrected chi connectivity index (χ3v) is 3.37. The van der Waals surface area contributed by atoms with E-state index in [-0.39, 0.29) is 0 Å². The van der Waals surface area contributed by atoms with Crippen molar-refractivity contribution in [1.29, 1.82) is 0 Å². The predicted molar refractivity (Wildman–Crippen MR) is 65.5 cm³/mol. The Hall–Kier alpha value is -1.02. The number of aryl methyl sites for hydroxylation is 1. The Morgan fingerprint density at radius 2 is 2.00 bits per heavy atom. The van der Waals surface area contributed by atoms with Gasteiger partial charge in [0.05, 0.1) is 6.61 Å². The highest BCUT2D eigenvalue weighted by atomic mass is 79.9. The molecule has 0 bridgehead atoms. The number of hydrogen-bond donors (Lipinski definition) is 0. The highest BCUT2D eigenvalue weighted by Gasteiger charge is 2.13. The second kappa shape index (κ2) is 3.53. The molecule has 0 aromatic heterocycles. The van der Waals surface area contributed by atoms with E-state index < -0.39 is 0 Å². The molecular weight excluding hydrogens is 252 g/mol. The quantitative estimate of drug-likeness (QED) is 0.699. The van der Waals surface area contributed by atoms with Crippen molar-refractivity contribution in [2.75, 3.05) is 6.61 Å². The number of halogens is 1. The largest absolute Gasteiger partial charge is 0.493 e. The number of fused-ring (bicyclic) bond motifs is 3. The van der Waals surface area contributed by atoms with Gasteiger partial charge in [-0.25, -0.2) is 0 Å². The maximum Gasteiger partial charge on any atom is 0.123 e. The lowest BCUT2D eigenvalue weighted by Gasteiger charge is -2.19. The third kappa shape index (κ3) is 1.53. The Bertz CT molecular complexity index is 519. The maximum absolute atomic E-state index is 5.66. The molecule has 0 spiro atoms. The summed E-state index contributed by atoms with van der Waals surface area (Å²) in [4.78, 5) is 0. The Morgan fingerprint density at radius 1 is 1.13 bits per heavy atom. The Kier molecular flexibility index (Phi) is 2.17. The summed E-state index contributed by atoms with van der Waals surface area (Å²) in [7, 11) is 0. The van der Waals surface area contributed by atoms with Gasteiger partial charge in [-0.1, -0.05) is 28.1 Å². The maximum atomic E-state index is 5.66. The van der Waals surface area contributed by atoms with Crippen LogP contribution in [0.5, 0.6) is 5.75 Å². The molecule has 2 heteroatoms. The van der Waals surface area contributed by atoms with E-state index in [4.69, 9.17) is 4.74 Å². The highest BCUT2D eigenvalue weighted by Crippen LogP contribution is 2.33. The molecule has 0 saturated heterocycles. The van der Waals surface area contributed by atoms with Crippen LogP contribution in [0.25, 0.3) is 10.8 Å². The Morgan fingerprint density at radius 3 is 2.93 bits per heavy atom. The van der Waals surface area contributed by atoms with Crippen LogP contribution in [0.15, 0.2) is 34.8 Å². The molecule has 15 heavy (non-hydrogen) atoms. The van der Waals surface area contributed by atoms with Crippen molar-refractivity contribution in [2.24, 2.45) is 0 Å². The summed E-state index contributed by atoms with van der Waals surface area (Å²) in [5.41, 5.74) is 1.36. The average molecular weight is 263 g/mol.